The van der Waals surface area contributed by atoms with Gasteiger partial charge in [0.05, 0.1) is 4.92 Å². The molecule has 0 aliphatic carbocycles. The number of rotatable bonds is 8. The number of benzene rings is 1. The molecule has 5 nitrogen and oxygen atoms in total. The van der Waals surface area contributed by atoms with Crippen molar-refractivity contribution >= 4 is 34.0 Å². The number of halogens is 1. The number of hydrogen-bond donors (Lipinski definition) is 1. The number of nitrogens with zero attached hydrogens (tertiary/aromatic N) is 1. The van der Waals surface area contributed by atoms with Gasteiger partial charge >= 0.3 is 0 Å². The van der Waals surface area contributed by atoms with Crippen molar-refractivity contribution in [2.45, 2.75) is 20.3 Å². The Bertz CT molecular complexity index is 424. The van der Waals surface area contributed by atoms with Crippen molar-refractivity contribution in [3.63, 3.8) is 0 Å². The van der Waals surface area contributed by atoms with E-state index in [1.165, 1.54) is 0 Å². The highest BCUT2D eigenvalue weighted by molar-refractivity contribution is 14.1. The van der Waals surface area contributed by atoms with Crippen LogP contribution in [0, 0.1) is 19.6 Å². The van der Waals surface area contributed by atoms with Gasteiger partial charge in [0, 0.05) is 29.4 Å². The first-order chi connectivity index (χ1) is 9.00. The van der Waals surface area contributed by atoms with Crippen LogP contribution in [0.25, 0.3) is 0 Å². The molecule has 1 N–H and O–H groups in total. The second kappa shape index (κ2) is 8.31. The third-order valence-electron chi connectivity index (χ3n) is 2.39. The fraction of sp³-hybridized carbons (Fsp3) is 0.538. The summed E-state index contributed by atoms with van der Waals surface area (Å²) in [6, 6.07) is 5.16. The van der Waals surface area contributed by atoms with Crippen LogP contribution in [0.1, 0.15) is 20.3 Å². The van der Waals surface area contributed by atoms with E-state index in [9.17, 15) is 10.1 Å². The van der Waals surface area contributed by atoms with Gasteiger partial charge in [-0.15, -0.1) is 0 Å². The van der Waals surface area contributed by atoms with Gasteiger partial charge in [0.2, 0.25) is 0 Å². The van der Waals surface area contributed by atoms with Gasteiger partial charge in [-0.3, -0.25) is 10.1 Å². The van der Waals surface area contributed by atoms with E-state index in [1.54, 1.807) is 12.1 Å². The highest BCUT2D eigenvalue weighted by atomic mass is 127. The molecular weight excluding hydrogens is 359 g/mol. The zero-order chi connectivity index (χ0) is 14.3. The Kier molecular flexibility index (Phi) is 7.07. The number of hydrogen-bond acceptors (Lipinski definition) is 4. The summed E-state index contributed by atoms with van der Waals surface area (Å²) in [6.45, 7) is 6.30. The Morgan fingerprint density at radius 3 is 2.84 bits per heavy atom. The summed E-state index contributed by atoms with van der Waals surface area (Å²) >= 11 is 2.07. The van der Waals surface area contributed by atoms with Crippen LogP contribution in [-0.4, -0.2) is 24.7 Å². The van der Waals surface area contributed by atoms with Gasteiger partial charge in [-0.1, -0.05) is 13.8 Å². The molecule has 1 aromatic carbocycles. The largest absolute Gasteiger partial charge is 0.381 e. The molecule has 0 aliphatic rings. The van der Waals surface area contributed by atoms with E-state index in [0.29, 0.717) is 24.8 Å². The van der Waals surface area contributed by atoms with Crippen molar-refractivity contribution in [2.24, 2.45) is 5.92 Å². The Morgan fingerprint density at radius 1 is 1.47 bits per heavy atom. The molecule has 0 heterocycles. The molecule has 0 spiro atoms. The number of nitro groups is 1. The predicted molar refractivity (Wildman–Crippen MR) is 84.6 cm³/mol. The first kappa shape index (κ1) is 16.2. The van der Waals surface area contributed by atoms with Crippen LogP contribution in [0.15, 0.2) is 18.2 Å². The van der Waals surface area contributed by atoms with E-state index in [0.717, 1.165) is 16.6 Å². The third kappa shape index (κ3) is 6.20. The van der Waals surface area contributed by atoms with Gasteiger partial charge in [-0.25, -0.2) is 0 Å². The normalized spacial score (nSPS) is 10.7. The minimum atomic E-state index is -0.361. The molecule has 0 saturated heterocycles. The topological polar surface area (TPSA) is 64.4 Å². The second-order valence-corrected chi connectivity index (χ2v) is 5.91. The second-order valence-electron chi connectivity index (χ2n) is 4.67. The molecular formula is C13H19IN2O3. The highest BCUT2D eigenvalue weighted by Crippen LogP contribution is 2.26. The lowest BCUT2D eigenvalue weighted by molar-refractivity contribution is -0.384. The standard InChI is InChI=1S/C13H19IN2O3/c1-10(2)9-19-7-3-6-15-12-5-4-11(14)8-13(12)16(17)18/h4-5,8,10,15H,3,6-7,9H2,1-2H3. The molecule has 106 valence electrons. The van der Waals surface area contributed by atoms with E-state index in [2.05, 4.69) is 41.8 Å². The quantitative estimate of drug-likeness (QED) is 0.325. The summed E-state index contributed by atoms with van der Waals surface area (Å²) in [5.74, 6) is 0.533. The monoisotopic (exact) mass is 378 g/mol. The average Bonchev–Trinajstić information content (AvgIpc) is 2.34. The van der Waals surface area contributed by atoms with Crippen molar-refractivity contribution in [3.05, 3.63) is 31.9 Å². The molecule has 0 aromatic heterocycles. The van der Waals surface area contributed by atoms with Crippen LogP contribution < -0.4 is 5.32 Å². The Hall–Kier alpha value is -0.890. The zero-order valence-electron chi connectivity index (χ0n) is 11.2. The molecule has 0 saturated carbocycles. The lowest BCUT2D eigenvalue weighted by atomic mass is 10.2. The molecule has 19 heavy (non-hydrogen) atoms. The molecule has 0 atom stereocenters. The smallest absolute Gasteiger partial charge is 0.293 e. The van der Waals surface area contributed by atoms with E-state index in [1.807, 2.05) is 6.07 Å². The maximum Gasteiger partial charge on any atom is 0.293 e. The van der Waals surface area contributed by atoms with Crippen LogP contribution in [0.4, 0.5) is 11.4 Å². The third-order valence-corrected chi connectivity index (χ3v) is 3.06. The minimum absolute atomic E-state index is 0.120. The summed E-state index contributed by atoms with van der Waals surface area (Å²) in [5.41, 5.74) is 0.685. The SMILES string of the molecule is CC(C)COCCCNc1ccc(I)cc1[N+](=O)[O-]. The van der Waals surface area contributed by atoms with E-state index in [4.69, 9.17) is 4.74 Å². The highest BCUT2D eigenvalue weighted by Gasteiger charge is 2.13. The fourth-order valence-corrected chi connectivity index (χ4v) is 2.00. The van der Waals surface area contributed by atoms with Gasteiger partial charge < -0.3 is 10.1 Å². The van der Waals surface area contributed by atoms with Crippen LogP contribution in [0.5, 0.6) is 0 Å². The first-order valence-electron chi connectivity index (χ1n) is 6.26. The predicted octanol–water partition coefficient (Wildman–Crippen LogP) is 3.67. The van der Waals surface area contributed by atoms with Gasteiger partial charge in [0.25, 0.3) is 5.69 Å². The molecule has 0 aliphatic heterocycles. The maximum absolute atomic E-state index is 10.9. The molecule has 0 bridgehead atoms. The Balaban J connectivity index is 2.39. The van der Waals surface area contributed by atoms with Crippen molar-refractivity contribution in [2.75, 3.05) is 25.1 Å². The zero-order valence-corrected chi connectivity index (χ0v) is 13.3. The summed E-state index contributed by atoms with van der Waals surface area (Å²) < 4.78 is 6.31. The summed E-state index contributed by atoms with van der Waals surface area (Å²) in [5, 5.41) is 14.0. The summed E-state index contributed by atoms with van der Waals surface area (Å²) in [6.07, 6.45) is 0.829. The molecule has 0 amide bonds. The summed E-state index contributed by atoms with van der Waals surface area (Å²) in [4.78, 5) is 10.6. The molecule has 0 unspecified atom stereocenters. The van der Waals surface area contributed by atoms with Gasteiger partial charge in [0.1, 0.15) is 5.69 Å². The number of ether oxygens (including phenoxy) is 1. The minimum Gasteiger partial charge on any atom is -0.381 e. The number of nitro benzene ring substituents is 1. The van der Waals surface area contributed by atoms with Crippen LogP contribution >= 0.6 is 22.6 Å². The first-order valence-corrected chi connectivity index (χ1v) is 7.34. The van der Waals surface area contributed by atoms with Crippen LogP contribution in [0.3, 0.4) is 0 Å². The Morgan fingerprint density at radius 2 is 2.21 bits per heavy atom. The molecule has 0 fully saturated rings. The van der Waals surface area contributed by atoms with Crippen molar-refractivity contribution in [3.8, 4) is 0 Å². The maximum atomic E-state index is 10.9. The van der Waals surface area contributed by atoms with Crippen LogP contribution in [-0.2, 0) is 4.74 Å². The van der Waals surface area contributed by atoms with Crippen molar-refractivity contribution in [1.82, 2.24) is 0 Å². The molecule has 1 rings (SSSR count). The molecule has 0 radical (unpaired) electrons. The number of nitrogens with one attached hydrogen (secondary N) is 1. The summed E-state index contributed by atoms with van der Waals surface area (Å²) in [7, 11) is 0. The van der Waals surface area contributed by atoms with E-state index in [-0.39, 0.29) is 10.6 Å². The number of anilines is 1. The lowest BCUT2D eigenvalue weighted by Crippen LogP contribution is -2.09. The van der Waals surface area contributed by atoms with Gasteiger partial charge in [0.15, 0.2) is 0 Å². The van der Waals surface area contributed by atoms with Gasteiger partial charge in [-0.2, -0.15) is 0 Å². The van der Waals surface area contributed by atoms with Crippen LogP contribution in [0.2, 0.25) is 0 Å². The van der Waals surface area contributed by atoms with E-state index < -0.39 is 0 Å². The lowest BCUT2D eigenvalue weighted by Gasteiger charge is -2.09. The van der Waals surface area contributed by atoms with Crippen molar-refractivity contribution in [1.29, 1.82) is 0 Å². The average molecular weight is 378 g/mol. The molecule has 6 heteroatoms. The van der Waals surface area contributed by atoms with Gasteiger partial charge in [-0.05, 0) is 47.1 Å². The molecule has 1 aromatic rings. The Labute approximate surface area is 127 Å². The van der Waals surface area contributed by atoms with E-state index >= 15 is 0 Å². The van der Waals surface area contributed by atoms with Crippen molar-refractivity contribution < 1.29 is 9.66 Å². The fourth-order valence-electron chi connectivity index (χ4n) is 1.52.